The number of hydrogen-bond donors (Lipinski definition) is 1. The molecule has 154 valence electrons. The van der Waals surface area contributed by atoms with Crippen LogP contribution >= 0.6 is 0 Å². The molecule has 7 nitrogen and oxygen atoms in total. The van der Waals surface area contributed by atoms with Crippen molar-refractivity contribution in [3.8, 4) is 0 Å². The number of rotatable bonds is 6. The van der Waals surface area contributed by atoms with Gasteiger partial charge in [0.15, 0.2) is 6.61 Å². The van der Waals surface area contributed by atoms with Gasteiger partial charge in [-0.1, -0.05) is 42.5 Å². The minimum absolute atomic E-state index is 0.0181. The highest BCUT2D eigenvalue weighted by molar-refractivity contribution is 6.05. The molecule has 0 unspecified atom stereocenters. The molecule has 1 aliphatic carbocycles. The van der Waals surface area contributed by atoms with Crippen LogP contribution in [0.15, 0.2) is 54.6 Å². The van der Waals surface area contributed by atoms with E-state index in [4.69, 9.17) is 4.74 Å². The predicted octanol–water partition coefficient (Wildman–Crippen LogP) is 2.66. The highest BCUT2D eigenvalue weighted by Crippen LogP contribution is 2.35. The second-order valence-electron chi connectivity index (χ2n) is 7.50. The number of hydrogen-bond acceptors (Lipinski definition) is 5. The van der Waals surface area contributed by atoms with Crippen molar-refractivity contribution in [1.82, 2.24) is 4.90 Å². The fourth-order valence-corrected chi connectivity index (χ4v) is 3.97. The molecule has 2 aromatic carbocycles. The number of ether oxygens (including phenoxy) is 1. The molecule has 7 heteroatoms. The average molecular weight is 406 g/mol. The van der Waals surface area contributed by atoms with Crippen molar-refractivity contribution < 1.29 is 23.9 Å². The van der Waals surface area contributed by atoms with E-state index in [2.05, 4.69) is 5.32 Å². The van der Waals surface area contributed by atoms with Crippen LogP contribution in [0.25, 0.3) is 10.8 Å². The lowest BCUT2D eigenvalue weighted by Gasteiger charge is -2.14. The Morgan fingerprint density at radius 2 is 1.63 bits per heavy atom. The number of carbonyl (C=O) groups excluding carboxylic acids is 4. The number of likely N-dealkylation sites (tertiary alicyclic amines) is 1. The fourth-order valence-electron chi connectivity index (χ4n) is 3.97. The second-order valence-corrected chi connectivity index (χ2v) is 7.50. The van der Waals surface area contributed by atoms with Gasteiger partial charge >= 0.3 is 5.97 Å². The van der Waals surface area contributed by atoms with Crippen molar-refractivity contribution in [1.29, 1.82) is 0 Å². The second kappa shape index (κ2) is 8.49. The maximum Gasteiger partial charge on any atom is 0.308 e. The lowest BCUT2D eigenvalue weighted by Crippen LogP contribution is -2.33. The number of anilines is 1. The molecular formula is C23H22N2O5. The molecule has 1 heterocycles. The summed E-state index contributed by atoms with van der Waals surface area (Å²) in [7, 11) is 0. The van der Waals surface area contributed by atoms with E-state index in [-0.39, 0.29) is 36.6 Å². The molecule has 0 bridgehead atoms. The molecular weight excluding hydrogens is 384 g/mol. The van der Waals surface area contributed by atoms with Crippen LogP contribution < -0.4 is 5.32 Å². The molecule has 1 aliphatic heterocycles. The number of benzene rings is 2. The quantitative estimate of drug-likeness (QED) is 0.452. The molecule has 1 N–H and O–H groups in total. The topological polar surface area (TPSA) is 92.8 Å². The predicted molar refractivity (Wildman–Crippen MR) is 110 cm³/mol. The van der Waals surface area contributed by atoms with Gasteiger partial charge in [-0.05, 0) is 35.7 Å². The Labute approximate surface area is 173 Å². The normalized spacial score (nSPS) is 20.3. The molecule has 2 aliphatic rings. The Kier molecular flexibility index (Phi) is 5.61. The molecule has 0 radical (unpaired) electrons. The molecule has 0 spiro atoms. The van der Waals surface area contributed by atoms with Gasteiger partial charge in [0.05, 0.1) is 18.3 Å². The zero-order valence-corrected chi connectivity index (χ0v) is 16.4. The first kappa shape index (κ1) is 19.8. The van der Waals surface area contributed by atoms with E-state index in [0.29, 0.717) is 18.5 Å². The SMILES string of the molecule is O=C(COC(=O)CCN1C(=O)[C@H]2CC=CC[C@@H]2C1=O)Nc1ccc2ccccc2c1. The lowest BCUT2D eigenvalue weighted by atomic mass is 9.85. The summed E-state index contributed by atoms with van der Waals surface area (Å²) in [6, 6.07) is 13.3. The molecule has 1 fully saturated rings. The van der Waals surface area contributed by atoms with Gasteiger partial charge in [0.1, 0.15) is 0 Å². The van der Waals surface area contributed by atoms with Crippen LogP contribution in [0.1, 0.15) is 19.3 Å². The van der Waals surface area contributed by atoms with E-state index < -0.39 is 18.5 Å². The standard InChI is InChI=1S/C23H22N2O5/c26-20(24-17-10-9-15-5-1-2-6-16(15)13-17)14-30-21(27)11-12-25-22(28)18-7-3-4-8-19(18)23(25)29/h1-6,9-10,13,18-19H,7-8,11-12,14H2,(H,24,26)/t18-,19-/m0/s1. The fraction of sp³-hybridized carbons (Fsp3) is 0.304. The van der Waals surface area contributed by atoms with Crippen molar-refractivity contribution in [2.45, 2.75) is 19.3 Å². The number of imide groups is 1. The van der Waals surface area contributed by atoms with Crippen molar-refractivity contribution >= 4 is 40.2 Å². The van der Waals surface area contributed by atoms with Gasteiger partial charge in [-0.25, -0.2) is 0 Å². The van der Waals surface area contributed by atoms with Gasteiger partial charge in [-0.3, -0.25) is 24.1 Å². The Balaban J connectivity index is 1.24. The van der Waals surface area contributed by atoms with Crippen molar-refractivity contribution in [3.63, 3.8) is 0 Å². The third-order valence-electron chi connectivity index (χ3n) is 5.54. The lowest BCUT2D eigenvalue weighted by molar-refractivity contribution is -0.148. The summed E-state index contributed by atoms with van der Waals surface area (Å²) in [5.41, 5.74) is 0.610. The van der Waals surface area contributed by atoms with E-state index >= 15 is 0 Å². The highest BCUT2D eigenvalue weighted by atomic mass is 16.5. The van der Waals surface area contributed by atoms with Gasteiger partial charge < -0.3 is 10.1 Å². The van der Waals surface area contributed by atoms with Crippen molar-refractivity contribution in [2.24, 2.45) is 11.8 Å². The first-order valence-electron chi connectivity index (χ1n) is 9.97. The molecule has 3 amide bonds. The third kappa shape index (κ3) is 4.10. The van der Waals surface area contributed by atoms with Crippen LogP contribution in [0.5, 0.6) is 0 Å². The minimum Gasteiger partial charge on any atom is -0.456 e. The maximum atomic E-state index is 12.4. The monoisotopic (exact) mass is 406 g/mol. The van der Waals surface area contributed by atoms with Crippen LogP contribution in [0.4, 0.5) is 5.69 Å². The van der Waals surface area contributed by atoms with Gasteiger partial charge in [-0.2, -0.15) is 0 Å². The number of nitrogens with one attached hydrogen (secondary N) is 1. The molecule has 0 aromatic heterocycles. The minimum atomic E-state index is -0.628. The Morgan fingerprint density at radius 1 is 0.967 bits per heavy atom. The Hall–Kier alpha value is -3.48. The molecule has 30 heavy (non-hydrogen) atoms. The Bertz CT molecular complexity index is 1020. The highest BCUT2D eigenvalue weighted by Gasteiger charge is 2.46. The number of allylic oxidation sites excluding steroid dienone is 2. The first-order chi connectivity index (χ1) is 14.5. The van der Waals surface area contributed by atoms with Crippen LogP contribution in [-0.4, -0.2) is 41.7 Å². The van der Waals surface area contributed by atoms with Gasteiger partial charge in [0, 0.05) is 12.2 Å². The molecule has 1 saturated heterocycles. The summed E-state index contributed by atoms with van der Waals surface area (Å²) in [6.07, 6.45) is 4.82. The van der Waals surface area contributed by atoms with Crippen LogP contribution in [-0.2, 0) is 23.9 Å². The number of amides is 3. The van der Waals surface area contributed by atoms with E-state index in [1.54, 1.807) is 6.07 Å². The number of fused-ring (bicyclic) bond motifs is 2. The largest absolute Gasteiger partial charge is 0.456 e. The van der Waals surface area contributed by atoms with E-state index in [1.807, 2.05) is 48.6 Å². The summed E-state index contributed by atoms with van der Waals surface area (Å²) < 4.78 is 5.00. The summed E-state index contributed by atoms with van der Waals surface area (Å²) >= 11 is 0. The number of nitrogens with zero attached hydrogens (tertiary/aromatic N) is 1. The smallest absolute Gasteiger partial charge is 0.308 e. The summed E-state index contributed by atoms with van der Waals surface area (Å²) in [6.45, 7) is -0.446. The molecule has 2 aromatic rings. The summed E-state index contributed by atoms with van der Waals surface area (Å²) in [5.74, 6) is -2.16. The van der Waals surface area contributed by atoms with Gasteiger partial charge in [0.2, 0.25) is 11.8 Å². The van der Waals surface area contributed by atoms with E-state index in [9.17, 15) is 19.2 Å². The Morgan fingerprint density at radius 3 is 2.33 bits per heavy atom. The van der Waals surface area contributed by atoms with Crippen molar-refractivity contribution in [2.75, 3.05) is 18.5 Å². The molecule has 2 atom stereocenters. The zero-order valence-electron chi connectivity index (χ0n) is 16.4. The zero-order chi connectivity index (χ0) is 21.1. The first-order valence-corrected chi connectivity index (χ1v) is 9.97. The average Bonchev–Trinajstić information content (AvgIpc) is 3.01. The third-order valence-corrected chi connectivity index (χ3v) is 5.54. The van der Waals surface area contributed by atoms with Crippen LogP contribution in [0.2, 0.25) is 0 Å². The van der Waals surface area contributed by atoms with Gasteiger partial charge in [0.25, 0.3) is 5.91 Å². The van der Waals surface area contributed by atoms with Crippen LogP contribution in [0, 0.1) is 11.8 Å². The summed E-state index contributed by atoms with van der Waals surface area (Å²) in [5, 5.41) is 4.74. The number of esters is 1. The van der Waals surface area contributed by atoms with Gasteiger partial charge in [-0.15, -0.1) is 0 Å². The molecule has 0 saturated carbocycles. The van der Waals surface area contributed by atoms with E-state index in [1.165, 1.54) is 0 Å². The molecule has 4 rings (SSSR count). The summed E-state index contributed by atoms with van der Waals surface area (Å²) in [4.78, 5) is 50.0. The van der Waals surface area contributed by atoms with E-state index in [0.717, 1.165) is 15.7 Å². The van der Waals surface area contributed by atoms with Crippen molar-refractivity contribution in [3.05, 3.63) is 54.6 Å². The number of carbonyl (C=O) groups is 4. The maximum absolute atomic E-state index is 12.4. The van der Waals surface area contributed by atoms with Crippen LogP contribution in [0.3, 0.4) is 0 Å².